The number of nitrogens with one attached hydrogen (secondary N) is 1. The van der Waals surface area contributed by atoms with Crippen molar-refractivity contribution in [3.05, 3.63) is 65.2 Å². The topological polar surface area (TPSA) is 111 Å². The smallest absolute Gasteiger partial charge is 0.408 e. The third-order valence-electron chi connectivity index (χ3n) is 5.82. The first-order chi connectivity index (χ1) is 16.8. The second-order valence-electron chi connectivity index (χ2n) is 8.37. The molecule has 2 aromatic carbocycles. The number of imide groups is 1. The quantitative estimate of drug-likeness (QED) is 0.295. The van der Waals surface area contributed by atoms with E-state index in [2.05, 4.69) is 5.32 Å². The zero-order chi connectivity index (χ0) is 25.4. The molecule has 1 heterocycles. The Morgan fingerprint density at radius 1 is 0.943 bits per heavy atom. The second kappa shape index (κ2) is 11.5. The summed E-state index contributed by atoms with van der Waals surface area (Å²) < 4.78 is 15.5. The number of esters is 1. The Balaban J connectivity index is 1.53. The van der Waals surface area contributed by atoms with Crippen LogP contribution in [-0.4, -0.2) is 54.6 Å². The third kappa shape index (κ3) is 6.17. The Hall–Kier alpha value is -3.88. The molecule has 0 aliphatic carbocycles. The number of alkyl carbamates (subject to hydrolysis) is 1. The molecule has 35 heavy (non-hydrogen) atoms. The molecule has 1 aliphatic rings. The SMILES string of the molecule is CCOC(=O)[C@](C)(CCCCN1C(=O)c2ccccc2C1=O)NC(=O)OCc1ccc(OC)cc1. The van der Waals surface area contributed by atoms with E-state index in [0.29, 0.717) is 29.7 Å². The fraction of sp³-hybridized carbons (Fsp3) is 0.385. The summed E-state index contributed by atoms with van der Waals surface area (Å²) in [5.41, 5.74) is 0.236. The van der Waals surface area contributed by atoms with Gasteiger partial charge in [0.05, 0.1) is 24.8 Å². The lowest BCUT2D eigenvalue weighted by molar-refractivity contribution is -0.150. The van der Waals surface area contributed by atoms with Crippen LogP contribution in [0.4, 0.5) is 4.79 Å². The third-order valence-corrected chi connectivity index (χ3v) is 5.82. The molecule has 0 radical (unpaired) electrons. The molecule has 2 aromatic rings. The van der Waals surface area contributed by atoms with Crippen molar-refractivity contribution in [1.82, 2.24) is 10.2 Å². The number of rotatable bonds is 11. The fourth-order valence-electron chi connectivity index (χ4n) is 3.83. The van der Waals surface area contributed by atoms with Gasteiger partial charge in [-0.2, -0.15) is 0 Å². The monoisotopic (exact) mass is 482 g/mol. The largest absolute Gasteiger partial charge is 0.497 e. The van der Waals surface area contributed by atoms with Gasteiger partial charge in [0, 0.05) is 6.54 Å². The second-order valence-corrected chi connectivity index (χ2v) is 8.37. The van der Waals surface area contributed by atoms with Crippen molar-refractivity contribution in [2.75, 3.05) is 20.3 Å². The number of benzene rings is 2. The van der Waals surface area contributed by atoms with Crippen LogP contribution in [0, 0.1) is 0 Å². The number of unbranched alkanes of at least 4 members (excludes halogenated alkanes) is 1. The average Bonchev–Trinajstić information content (AvgIpc) is 3.10. The van der Waals surface area contributed by atoms with Crippen molar-refractivity contribution in [2.45, 2.75) is 45.3 Å². The number of carbonyl (C=O) groups excluding carboxylic acids is 4. The van der Waals surface area contributed by atoms with Crippen molar-refractivity contribution in [3.63, 3.8) is 0 Å². The van der Waals surface area contributed by atoms with Gasteiger partial charge in [0.2, 0.25) is 0 Å². The van der Waals surface area contributed by atoms with Gasteiger partial charge in [0.15, 0.2) is 0 Å². The summed E-state index contributed by atoms with van der Waals surface area (Å²) in [4.78, 5) is 51.3. The fourth-order valence-corrected chi connectivity index (χ4v) is 3.83. The molecular formula is C26H30N2O7. The summed E-state index contributed by atoms with van der Waals surface area (Å²) in [7, 11) is 1.56. The highest BCUT2D eigenvalue weighted by Gasteiger charge is 2.38. The van der Waals surface area contributed by atoms with Gasteiger partial charge in [0.1, 0.15) is 17.9 Å². The maximum atomic E-state index is 12.6. The van der Waals surface area contributed by atoms with E-state index in [1.807, 2.05) is 0 Å². The van der Waals surface area contributed by atoms with Crippen LogP contribution >= 0.6 is 0 Å². The first-order valence-electron chi connectivity index (χ1n) is 11.5. The summed E-state index contributed by atoms with van der Waals surface area (Å²) >= 11 is 0. The molecule has 3 rings (SSSR count). The summed E-state index contributed by atoms with van der Waals surface area (Å²) in [5, 5.41) is 2.62. The number of methoxy groups -OCH3 is 1. The maximum Gasteiger partial charge on any atom is 0.408 e. The lowest BCUT2D eigenvalue weighted by atomic mass is 9.95. The minimum atomic E-state index is -1.32. The predicted molar refractivity (Wildman–Crippen MR) is 127 cm³/mol. The van der Waals surface area contributed by atoms with Gasteiger partial charge in [-0.25, -0.2) is 9.59 Å². The van der Waals surface area contributed by atoms with E-state index in [4.69, 9.17) is 14.2 Å². The molecule has 0 saturated heterocycles. The Bertz CT molecular complexity index is 1050. The predicted octanol–water partition coefficient (Wildman–Crippen LogP) is 3.71. The van der Waals surface area contributed by atoms with Gasteiger partial charge in [-0.1, -0.05) is 24.3 Å². The minimum absolute atomic E-state index is 0.0223. The number of nitrogens with zero attached hydrogens (tertiary/aromatic N) is 1. The van der Waals surface area contributed by atoms with Crippen LogP contribution < -0.4 is 10.1 Å². The Morgan fingerprint density at radius 2 is 1.57 bits per heavy atom. The zero-order valence-electron chi connectivity index (χ0n) is 20.2. The molecule has 1 atom stereocenters. The lowest BCUT2D eigenvalue weighted by Crippen LogP contribution is -2.53. The Labute approximate surface area is 204 Å². The summed E-state index contributed by atoms with van der Waals surface area (Å²) in [6.45, 7) is 3.65. The number of carbonyl (C=O) groups is 4. The van der Waals surface area contributed by atoms with Crippen LogP contribution in [0.5, 0.6) is 5.75 Å². The van der Waals surface area contributed by atoms with E-state index >= 15 is 0 Å². The van der Waals surface area contributed by atoms with E-state index in [0.717, 1.165) is 5.56 Å². The number of hydrogen-bond acceptors (Lipinski definition) is 7. The van der Waals surface area contributed by atoms with Crippen LogP contribution in [0.15, 0.2) is 48.5 Å². The van der Waals surface area contributed by atoms with E-state index < -0.39 is 17.6 Å². The molecular weight excluding hydrogens is 452 g/mol. The molecule has 9 heteroatoms. The highest BCUT2D eigenvalue weighted by Crippen LogP contribution is 2.24. The van der Waals surface area contributed by atoms with Gasteiger partial charge < -0.3 is 19.5 Å². The van der Waals surface area contributed by atoms with E-state index in [-0.39, 0.29) is 38.0 Å². The first kappa shape index (κ1) is 25.7. The zero-order valence-corrected chi connectivity index (χ0v) is 20.2. The Morgan fingerprint density at radius 3 is 2.14 bits per heavy atom. The molecule has 1 aliphatic heterocycles. The molecule has 0 saturated carbocycles. The highest BCUT2D eigenvalue weighted by molar-refractivity contribution is 6.21. The summed E-state index contributed by atoms with van der Waals surface area (Å²) in [5.74, 6) is -0.533. The molecule has 0 fully saturated rings. The highest BCUT2D eigenvalue weighted by atomic mass is 16.6. The molecule has 1 N–H and O–H groups in total. The first-order valence-corrected chi connectivity index (χ1v) is 11.5. The van der Waals surface area contributed by atoms with Crippen molar-refractivity contribution in [3.8, 4) is 5.75 Å². The van der Waals surface area contributed by atoms with Crippen LogP contribution in [0.1, 0.15) is 59.4 Å². The minimum Gasteiger partial charge on any atom is -0.497 e. The van der Waals surface area contributed by atoms with Crippen LogP contribution in [-0.2, 0) is 20.9 Å². The molecule has 0 bridgehead atoms. The van der Waals surface area contributed by atoms with E-state index in [1.54, 1.807) is 69.5 Å². The van der Waals surface area contributed by atoms with Crippen LogP contribution in [0.2, 0.25) is 0 Å². The van der Waals surface area contributed by atoms with Crippen molar-refractivity contribution in [2.24, 2.45) is 0 Å². The van der Waals surface area contributed by atoms with Crippen molar-refractivity contribution >= 4 is 23.9 Å². The van der Waals surface area contributed by atoms with Crippen molar-refractivity contribution < 1.29 is 33.4 Å². The van der Waals surface area contributed by atoms with Gasteiger partial charge in [-0.05, 0) is 62.9 Å². The van der Waals surface area contributed by atoms with Crippen molar-refractivity contribution in [1.29, 1.82) is 0 Å². The summed E-state index contributed by atoms with van der Waals surface area (Å²) in [6, 6.07) is 13.8. The molecule has 0 unspecified atom stereocenters. The standard InChI is InChI=1S/C26H30N2O7/c1-4-34-24(31)26(2,27-25(32)35-17-18-11-13-19(33-3)14-12-18)15-7-8-16-28-22(29)20-9-5-6-10-21(20)23(28)30/h5-6,9-14H,4,7-8,15-17H2,1-3H3,(H,27,32)/t26-/m0/s1. The molecule has 0 aromatic heterocycles. The average molecular weight is 483 g/mol. The van der Waals surface area contributed by atoms with Gasteiger partial charge >= 0.3 is 12.1 Å². The summed E-state index contributed by atoms with van der Waals surface area (Å²) in [6.07, 6.45) is 0.411. The lowest BCUT2D eigenvalue weighted by Gasteiger charge is -2.28. The maximum absolute atomic E-state index is 12.6. The van der Waals surface area contributed by atoms with Gasteiger partial charge in [-0.15, -0.1) is 0 Å². The molecule has 0 spiro atoms. The number of amides is 3. The molecule has 9 nitrogen and oxygen atoms in total. The van der Waals surface area contributed by atoms with Gasteiger partial charge in [-0.3, -0.25) is 14.5 Å². The normalized spacial score (nSPS) is 14.2. The van der Waals surface area contributed by atoms with E-state index in [1.165, 1.54) is 4.90 Å². The Kier molecular flexibility index (Phi) is 8.46. The van der Waals surface area contributed by atoms with Gasteiger partial charge in [0.25, 0.3) is 11.8 Å². The number of fused-ring (bicyclic) bond motifs is 1. The van der Waals surface area contributed by atoms with Crippen LogP contribution in [0.25, 0.3) is 0 Å². The van der Waals surface area contributed by atoms with Crippen LogP contribution in [0.3, 0.4) is 0 Å². The molecule has 3 amide bonds. The number of ether oxygens (including phenoxy) is 3. The molecule has 186 valence electrons. The number of hydrogen-bond donors (Lipinski definition) is 1. The van der Waals surface area contributed by atoms with E-state index in [9.17, 15) is 19.2 Å².